The maximum Gasteiger partial charge on any atom is 0.252 e. The molecule has 1 aromatic heterocycles. The monoisotopic (exact) mass is 425 g/mol. The van der Waals surface area contributed by atoms with Gasteiger partial charge in [-0.25, -0.2) is 8.42 Å². The molecule has 0 aliphatic carbocycles. The van der Waals surface area contributed by atoms with Gasteiger partial charge in [-0.15, -0.1) is 0 Å². The van der Waals surface area contributed by atoms with Gasteiger partial charge in [-0.3, -0.25) is 9.59 Å². The number of carbonyl (C=O) groups excluding carboxylic acids is 1. The molecule has 0 atom stereocenters. The molecule has 7 nitrogen and oxygen atoms in total. The van der Waals surface area contributed by atoms with Gasteiger partial charge in [0.25, 0.3) is 5.91 Å². The van der Waals surface area contributed by atoms with Crippen LogP contribution in [0.25, 0.3) is 10.9 Å². The van der Waals surface area contributed by atoms with Crippen LogP contribution in [-0.4, -0.2) is 43.2 Å². The Kier molecular flexibility index (Phi) is 5.69. The van der Waals surface area contributed by atoms with Gasteiger partial charge in [0.05, 0.1) is 10.5 Å². The van der Waals surface area contributed by atoms with Crippen molar-refractivity contribution in [3.8, 4) is 0 Å². The standard InChI is InChI=1S/C22H23N3O4S/c26-21-15-19(22(27)23-11-10-16-6-2-1-3-7-16)18-14-17(8-9-20(18)24-21)30(28,29)25-12-4-5-13-25/h1-3,6-9,14-15H,4-5,10-13H2,(H,23,27)(H,24,26). The Bertz CT molecular complexity index is 1230. The van der Waals surface area contributed by atoms with Gasteiger partial charge >= 0.3 is 0 Å². The summed E-state index contributed by atoms with van der Waals surface area (Å²) < 4.78 is 27.3. The molecule has 0 spiro atoms. The highest BCUT2D eigenvalue weighted by atomic mass is 32.2. The van der Waals surface area contributed by atoms with Gasteiger partial charge in [-0.2, -0.15) is 4.31 Å². The van der Waals surface area contributed by atoms with E-state index in [9.17, 15) is 18.0 Å². The Balaban J connectivity index is 1.63. The second-order valence-corrected chi connectivity index (χ2v) is 9.30. The number of nitrogens with one attached hydrogen (secondary N) is 2. The Morgan fingerprint density at radius 3 is 2.50 bits per heavy atom. The highest BCUT2D eigenvalue weighted by molar-refractivity contribution is 7.89. The SMILES string of the molecule is O=C(NCCc1ccccc1)c1cc(=O)[nH]c2ccc(S(=O)(=O)N3CCCC3)cc12. The summed E-state index contributed by atoms with van der Waals surface area (Å²) in [7, 11) is -3.63. The fraction of sp³-hybridized carbons (Fsp3) is 0.273. The molecule has 3 aromatic rings. The van der Waals surface area contributed by atoms with Crippen LogP contribution in [-0.2, 0) is 16.4 Å². The number of aromatic amines is 1. The van der Waals surface area contributed by atoms with Crippen molar-refractivity contribution in [2.24, 2.45) is 0 Å². The van der Waals surface area contributed by atoms with E-state index in [1.54, 1.807) is 6.07 Å². The molecule has 2 heterocycles. The number of benzene rings is 2. The lowest BCUT2D eigenvalue weighted by Gasteiger charge is -2.16. The maximum absolute atomic E-state index is 12.9. The molecule has 0 unspecified atom stereocenters. The van der Waals surface area contributed by atoms with Crippen LogP contribution in [0, 0.1) is 0 Å². The summed E-state index contributed by atoms with van der Waals surface area (Å²) in [5.74, 6) is -0.405. The van der Waals surface area contributed by atoms with E-state index < -0.39 is 21.5 Å². The largest absolute Gasteiger partial charge is 0.352 e. The zero-order valence-electron chi connectivity index (χ0n) is 16.4. The minimum Gasteiger partial charge on any atom is -0.352 e. The number of hydrogen-bond donors (Lipinski definition) is 2. The van der Waals surface area contributed by atoms with E-state index in [4.69, 9.17) is 0 Å². The smallest absolute Gasteiger partial charge is 0.252 e. The van der Waals surface area contributed by atoms with E-state index in [1.807, 2.05) is 30.3 Å². The van der Waals surface area contributed by atoms with Gasteiger partial charge < -0.3 is 10.3 Å². The van der Waals surface area contributed by atoms with E-state index in [-0.39, 0.29) is 10.5 Å². The van der Waals surface area contributed by atoms with Crippen molar-refractivity contribution in [3.63, 3.8) is 0 Å². The first-order valence-electron chi connectivity index (χ1n) is 9.94. The molecular weight excluding hydrogens is 402 g/mol. The minimum atomic E-state index is -3.63. The summed E-state index contributed by atoms with van der Waals surface area (Å²) in [4.78, 5) is 27.6. The Morgan fingerprint density at radius 1 is 1.03 bits per heavy atom. The molecule has 156 valence electrons. The maximum atomic E-state index is 12.9. The lowest BCUT2D eigenvalue weighted by molar-refractivity contribution is 0.0955. The summed E-state index contributed by atoms with van der Waals surface area (Å²) in [5, 5.41) is 3.24. The van der Waals surface area contributed by atoms with Crippen LogP contribution >= 0.6 is 0 Å². The van der Waals surface area contributed by atoms with E-state index >= 15 is 0 Å². The number of H-pyrrole nitrogens is 1. The predicted octanol–water partition coefficient (Wildman–Crippen LogP) is 2.29. The molecule has 1 amide bonds. The number of carbonyl (C=O) groups is 1. The fourth-order valence-corrected chi connectivity index (χ4v) is 5.26. The molecule has 30 heavy (non-hydrogen) atoms. The van der Waals surface area contributed by atoms with Crippen molar-refractivity contribution >= 4 is 26.8 Å². The van der Waals surface area contributed by atoms with Crippen molar-refractivity contribution in [1.29, 1.82) is 0 Å². The van der Waals surface area contributed by atoms with Crippen LogP contribution < -0.4 is 10.9 Å². The van der Waals surface area contributed by atoms with E-state index in [0.29, 0.717) is 37.0 Å². The van der Waals surface area contributed by atoms with Crippen molar-refractivity contribution in [2.45, 2.75) is 24.2 Å². The number of amides is 1. The first kappa shape index (κ1) is 20.3. The third kappa shape index (κ3) is 4.15. The van der Waals surface area contributed by atoms with Gasteiger partial charge in [-0.05, 0) is 43.0 Å². The van der Waals surface area contributed by atoms with Gasteiger partial charge in [0.15, 0.2) is 0 Å². The number of fused-ring (bicyclic) bond motifs is 1. The Morgan fingerprint density at radius 2 is 1.77 bits per heavy atom. The molecule has 0 saturated carbocycles. The van der Waals surface area contributed by atoms with Crippen molar-refractivity contribution < 1.29 is 13.2 Å². The number of pyridine rings is 1. The van der Waals surface area contributed by atoms with E-state index in [2.05, 4.69) is 10.3 Å². The second kappa shape index (κ2) is 8.41. The highest BCUT2D eigenvalue weighted by Gasteiger charge is 2.27. The van der Waals surface area contributed by atoms with Crippen LogP contribution in [0.4, 0.5) is 0 Å². The topological polar surface area (TPSA) is 99.3 Å². The minimum absolute atomic E-state index is 0.127. The summed E-state index contributed by atoms with van der Waals surface area (Å²) in [5.41, 5.74) is 1.27. The molecule has 1 saturated heterocycles. The fourth-order valence-electron chi connectivity index (χ4n) is 3.72. The number of rotatable bonds is 6. The van der Waals surface area contributed by atoms with E-state index in [1.165, 1.54) is 22.5 Å². The summed E-state index contributed by atoms with van der Waals surface area (Å²) >= 11 is 0. The lowest BCUT2D eigenvalue weighted by Crippen LogP contribution is -2.28. The van der Waals surface area contributed by atoms with Crippen molar-refractivity contribution in [3.05, 3.63) is 76.1 Å². The average Bonchev–Trinajstić information content (AvgIpc) is 3.29. The van der Waals surface area contributed by atoms with Crippen LogP contribution in [0.2, 0.25) is 0 Å². The molecule has 2 aromatic carbocycles. The molecule has 0 bridgehead atoms. The molecule has 1 aliphatic heterocycles. The zero-order chi connectivity index (χ0) is 21.1. The number of hydrogen-bond acceptors (Lipinski definition) is 4. The summed E-state index contributed by atoms with van der Waals surface area (Å²) in [6.07, 6.45) is 2.34. The van der Waals surface area contributed by atoms with E-state index in [0.717, 1.165) is 18.4 Å². The Hall–Kier alpha value is -2.97. The third-order valence-corrected chi connectivity index (χ3v) is 7.20. The van der Waals surface area contributed by atoms with Crippen LogP contribution in [0.15, 0.2) is 64.3 Å². The second-order valence-electron chi connectivity index (χ2n) is 7.36. The third-order valence-electron chi connectivity index (χ3n) is 5.30. The average molecular weight is 426 g/mol. The van der Waals surface area contributed by atoms with Crippen molar-refractivity contribution in [2.75, 3.05) is 19.6 Å². The van der Waals surface area contributed by atoms with Crippen LogP contribution in [0.5, 0.6) is 0 Å². The molecule has 1 aliphatic rings. The molecule has 0 radical (unpaired) electrons. The molecule has 1 fully saturated rings. The summed E-state index contributed by atoms with van der Waals surface area (Å²) in [6.45, 7) is 1.40. The first-order chi connectivity index (χ1) is 14.4. The number of sulfonamides is 1. The Labute approximate surface area is 174 Å². The quantitative estimate of drug-likeness (QED) is 0.633. The molecule has 8 heteroatoms. The summed E-state index contributed by atoms with van der Waals surface area (Å²) in [6, 6.07) is 15.5. The van der Waals surface area contributed by atoms with Gasteiger partial charge in [0, 0.05) is 36.6 Å². The molecule has 4 rings (SSSR count). The van der Waals surface area contributed by atoms with Crippen molar-refractivity contribution in [1.82, 2.24) is 14.6 Å². The molecular formula is C22H23N3O4S. The van der Waals surface area contributed by atoms with Gasteiger partial charge in [0.1, 0.15) is 0 Å². The number of nitrogens with zero attached hydrogens (tertiary/aromatic N) is 1. The number of aromatic nitrogens is 1. The zero-order valence-corrected chi connectivity index (χ0v) is 17.2. The predicted molar refractivity (Wildman–Crippen MR) is 115 cm³/mol. The first-order valence-corrected chi connectivity index (χ1v) is 11.4. The van der Waals surface area contributed by atoms with Gasteiger partial charge in [-0.1, -0.05) is 30.3 Å². The van der Waals surface area contributed by atoms with Crippen LogP contribution in [0.3, 0.4) is 0 Å². The normalized spacial score (nSPS) is 14.8. The van der Waals surface area contributed by atoms with Gasteiger partial charge in [0.2, 0.25) is 15.6 Å². The lowest BCUT2D eigenvalue weighted by atomic mass is 10.1. The van der Waals surface area contributed by atoms with Crippen LogP contribution in [0.1, 0.15) is 28.8 Å². The molecule has 2 N–H and O–H groups in total. The highest BCUT2D eigenvalue weighted by Crippen LogP contribution is 2.25.